The van der Waals surface area contributed by atoms with Crippen molar-refractivity contribution in [2.75, 3.05) is 18.4 Å². The van der Waals surface area contributed by atoms with E-state index in [4.69, 9.17) is 0 Å². The van der Waals surface area contributed by atoms with Crippen molar-refractivity contribution in [3.8, 4) is 0 Å². The number of alkyl halides is 3. The van der Waals surface area contributed by atoms with Gasteiger partial charge >= 0.3 is 11.9 Å². The van der Waals surface area contributed by atoms with E-state index in [1.54, 1.807) is 19.4 Å². The third-order valence-electron chi connectivity index (χ3n) is 4.31. The minimum absolute atomic E-state index is 0.0560. The van der Waals surface area contributed by atoms with Crippen LogP contribution in [-0.2, 0) is 19.8 Å². The molecule has 26 heavy (non-hydrogen) atoms. The van der Waals surface area contributed by atoms with Gasteiger partial charge in [-0.3, -0.25) is 4.90 Å². The van der Waals surface area contributed by atoms with E-state index in [-0.39, 0.29) is 17.5 Å². The number of nitrogens with one attached hydrogen (secondary N) is 1. The molecule has 1 saturated heterocycles. The standard InChI is InChI=1S/C16H19F3N6O/c1-24-8-11(7-20-15(24)26)9-25-4-2-12(3-5-25)23-14-6-13(16(17,18)19)21-10-22-14/h6-8,10,12H,2-5,9H2,1H3,(H,21,22,23). The molecular formula is C16H19F3N6O. The molecule has 0 atom stereocenters. The number of nitrogens with zero attached hydrogens (tertiary/aromatic N) is 5. The summed E-state index contributed by atoms with van der Waals surface area (Å²) < 4.78 is 39.6. The molecule has 0 bridgehead atoms. The number of aromatic nitrogens is 4. The first kappa shape index (κ1) is 18.3. The van der Waals surface area contributed by atoms with Gasteiger partial charge < -0.3 is 9.88 Å². The van der Waals surface area contributed by atoms with E-state index >= 15 is 0 Å². The van der Waals surface area contributed by atoms with Crippen LogP contribution in [0, 0.1) is 0 Å². The Bertz CT molecular complexity index is 814. The van der Waals surface area contributed by atoms with Crippen LogP contribution in [0.25, 0.3) is 0 Å². The molecule has 0 unspecified atom stereocenters. The predicted molar refractivity (Wildman–Crippen MR) is 88.4 cm³/mol. The fourth-order valence-electron chi connectivity index (χ4n) is 2.94. The molecule has 0 radical (unpaired) electrons. The summed E-state index contributed by atoms with van der Waals surface area (Å²) in [7, 11) is 1.66. The topological polar surface area (TPSA) is 75.9 Å². The molecule has 1 N–H and O–H groups in total. The summed E-state index contributed by atoms with van der Waals surface area (Å²) >= 11 is 0. The summed E-state index contributed by atoms with van der Waals surface area (Å²) in [6.45, 7) is 2.26. The first-order valence-corrected chi connectivity index (χ1v) is 8.21. The molecule has 2 aromatic rings. The van der Waals surface area contributed by atoms with Crippen LogP contribution in [0.15, 0.2) is 29.6 Å². The van der Waals surface area contributed by atoms with Crippen LogP contribution in [0.5, 0.6) is 0 Å². The molecule has 140 valence electrons. The Kier molecular flexibility index (Phi) is 5.21. The highest BCUT2D eigenvalue weighted by Crippen LogP contribution is 2.28. The molecule has 0 amide bonds. The average molecular weight is 368 g/mol. The summed E-state index contributed by atoms with van der Waals surface area (Å²) in [4.78, 5) is 24.5. The van der Waals surface area contributed by atoms with Gasteiger partial charge in [-0.1, -0.05) is 0 Å². The Balaban J connectivity index is 1.54. The Morgan fingerprint density at radius 3 is 2.62 bits per heavy atom. The molecule has 2 aromatic heterocycles. The monoisotopic (exact) mass is 368 g/mol. The van der Waals surface area contributed by atoms with Crippen LogP contribution in [-0.4, -0.2) is 43.6 Å². The molecule has 0 aromatic carbocycles. The summed E-state index contributed by atoms with van der Waals surface area (Å²) in [5.74, 6) is 0.188. The Morgan fingerprint density at radius 1 is 1.23 bits per heavy atom. The van der Waals surface area contributed by atoms with Gasteiger partial charge in [-0.15, -0.1) is 0 Å². The molecule has 1 fully saturated rings. The van der Waals surface area contributed by atoms with E-state index < -0.39 is 11.9 Å². The first-order chi connectivity index (χ1) is 12.3. The zero-order valence-electron chi connectivity index (χ0n) is 14.2. The SMILES string of the molecule is Cn1cc(CN2CCC(Nc3cc(C(F)(F)F)ncn3)CC2)cnc1=O. The molecule has 10 heteroatoms. The second kappa shape index (κ2) is 7.40. The van der Waals surface area contributed by atoms with Crippen molar-refractivity contribution in [2.45, 2.75) is 31.6 Å². The highest BCUT2D eigenvalue weighted by Gasteiger charge is 2.33. The maximum atomic E-state index is 12.7. The van der Waals surface area contributed by atoms with Crippen LogP contribution in [0.4, 0.5) is 19.0 Å². The van der Waals surface area contributed by atoms with Gasteiger partial charge in [0.05, 0.1) is 0 Å². The smallest absolute Gasteiger partial charge is 0.367 e. The Labute approximate surface area is 147 Å². The molecule has 0 spiro atoms. The average Bonchev–Trinajstić information content (AvgIpc) is 2.59. The summed E-state index contributed by atoms with van der Waals surface area (Å²) in [6, 6.07) is 0.989. The normalized spacial score (nSPS) is 16.6. The molecule has 7 nitrogen and oxygen atoms in total. The molecular weight excluding hydrogens is 349 g/mol. The van der Waals surface area contributed by atoms with E-state index in [0.717, 1.165) is 43.9 Å². The van der Waals surface area contributed by atoms with Crippen molar-refractivity contribution in [3.05, 3.63) is 46.5 Å². The van der Waals surface area contributed by atoms with Crippen molar-refractivity contribution in [3.63, 3.8) is 0 Å². The first-order valence-electron chi connectivity index (χ1n) is 8.21. The van der Waals surface area contributed by atoms with Gasteiger partial charge in [-0.25, -0.2) is 19.7 Å². The Morgan fingerprint density at radius 2 is 1.96 bits per heavy atom. The maximum absolute atomic E-state index is 12.7. The fraction of sp³-hybridized carbons (Fsp3) is 0.500. The zero-order chi connectivity index (χ0) is 18.7. The zero-order valence-corrected chi connectivity index (χ0v) is 14.2. The van der Waals surface area contributed by atoms with Crippen LogP contribution < -0.4 is 11.0 Å². The molecule has 3 rings (SSSR count). The van der Waals surface area contributed by atoms with Crippen LogP contribution in [0.1, 0.15) is 24.1 Å². The number of hydrogen-bond donors (Lipinski definition) is 1. The van der Waals surface area contributed by atoms with Crippen molar-refractivity contribution in [2.24, 2.45) is 7.05 Å². The van der Waals surface area contributed by atoms with Gasteiger partial charge in [-0.2, -0.15) is 13.2 Å². The number of aryl methyl sites for hydroxylation is 1. The summed E-state index contributed by atoms with van der Waals surface area (Å²) in [5, 5.41) is 3.06. The number of halogens is 3. The maximum Gasteiger partial charge on any atom is 0.433 e. The third kappa shape index (κ3) is 4.57. The van der Waals surface area contributed by atoms with Gasteiger partial charge in [0.15, 0.2) is 0 Å². The van der Waals surface area contributed by atoms with Crippen molar-refractivity contribution in [1.82, 2.24) is 24.4 Å². The van der Waals surface area contributed by atoms with E-state index in [1.807, 2.05) is 0 Å². The van der Waals surface area contributed by atoms with E-state index in [0.29, 0.717) is 6.54 Å². The lowest BCUT2D eigenvalue weighted by molar-refractivity contribution is -0.141. The quantitative estimate of drug-likeness (QED) is 0.885. The van der Waals surface area contributed by atoms with Gasteiger partial charge in [-0.05, 0) is 12.8 Å². The van der Waals surface area contributed by atoms with E-state index in [9.17, 15) is 18.0 Å². The van der Waals surface area contributed by atoms with Gasteiger partial charge in [0.25, 0.3) is 0 Å². The van der Waals surface area contributed by atoms with E-state index in [2.05, 4.69) is 25.2 Å². The predicted octanol–water partition coefficient (Wildman–Crippen LogP) is 1.67. The van der Waals surface area contributed by atoms with Crippen molar-refractivity contribution in [1.29, 1.82) is 0 Å². The number of piperidine rings is 1. The lowest BCUT2D eigenvalue weighted by Gasteiger charge is -2.32. The fourth-order valence-corrected chi connectivity index (χ4v) is 2.94. The third-order valence-corrected chi connectivity index (χ3v) is 4.31. The van der Waals surface area contributed by atoms with Crippen LogP contribution >= 0.6 is 0 Å². The van der Waals surface area contributed by atoms with Crippen molar-refractivity contribution >= 4 is 5.82 Å². The largest absolute Gasteiger partial charge is 0.433 e. The Hall–Kier alpha value is -2.49. The number of likely N-dealkylation sites (tertiary alicyclic amines) is 1. The second-order valence-electron chi connectivity index (χ2n) is 6.34. The molecule has 1 aliphatic rings. The van der Waals surface area contributed by atoms with Crippen LogP contribution in [0.3, 0.4) is 0 Å². The number of hydrogen-bond acceptors (Lipinski definition) is 6. The minimum Gasteiger partial charge on any atom is -0.367 e. The van der Waals surface area contributed by atoms with Crippen molar-refractivity contribution < 1.29 is 13.2 Å². The molecule has 0 aliphatic carbocycles. The van der Waals surface area contributed by atoms with Crippen LogP contribution in [0.2, 0.25) is 0 Å². The molecule has 3 heterocycles. The summed E-state index contributed by atoms with van der Waals surface area (Å²) in [5.41, 5.74) is -0.293. The minimum atomic E-state index is -4.48. The second-order valence-corrected chi connectivity index (χ2v) is 6.34. The highest BCUT2D eigenvalue weighted by atomic mass is 19.4. The lowest BCUT2D eigenvalue weighted by Crippen LogP contribution is -2.39. The van der Waals surface area contributed by atoms with Gasteiger partial charge in [0.2, 0.25) is 0 Å². The van der Waals surface area contributed by atoms with Gasteiger partial charge in [0.1, 0.15) is 17.8 Å². The number of rotatable bonds is 4. The molecule has 0 saturated carbocycles. The van der Waals surface area contributed by atoms with E-state index in [1.165, 1.54) is 4.57 Å². The number of anilines is 1. The molecule has 1 aliphatic heterocycles. The lowest BCUT2D eigenvalue weighted by atomic mass is 10.0. The van der Waals surface area contributed by atoms with Gasteiger partial charge in [0, 0.05) is 56.7 Å². The summed E-state index contributed by atoms with van der Waals surface area (Å²) in [6.07, 6.45) is 1.35. The highest BCUT2D eigenvalue weighted by molar-refractivity contribution is 5.36.